The number of hydrogen-bond acceptors (Lipinski definition) is 4. The van der Waals surface area contributed by atoms with Crippen LogP contribution in [0.4, 0.5) is 21.5 Å². The van der Waals surface area contributed by atoms with Crippen LogP contribution in [0.15, 0.2) is 66.7 Å². The van der Waals surface area contributed by atoms with Gasteiger partial charge in [0, 0.05) is 16.9 Å². The van der Waals surface area contributed by atoms with Gasteiger partial charge in [-0.15, -0.1) is 0 Å². The Morgan fingerprint density at radius 3 is 2.14 bits per heavy atom. The van der Waals surface area contributed by atoms with Crippen molar-refractivity contribution in [2.45, 2.75) is 0 Å². The summed E-state index contributed by atoms with van der Waals surface area (Å²) < 4.78 is 17.7. The standard InChI is InChI=1S/C21H16ClFN2O3/c1-28-21(27)14-4-11-18(22)19(12-14)24-16-7-9-17(10-8-16)25-20(26)13-2-5-15(23)6-3-13/h2-12,24H,1H3,(H,25,26). The second kappa shape index (κ2) is 8.54. The molecule has 0 aliphatic rings. The van der Waals surface area contributed by atoms with Gasteiger partial charge in [-0.1, -0.05) is 11.6 Å². The minimum absolute atomic E-state index is 0.338. The molecular weight excluding hydrogens is 383 g/mol. The SMILES string of the molecule is COC(=O)c1ccc(Cl)c(Nc2ccc(NC(=O)c3ccc(F)cc3)cc2)c1. The maximum absolute atomic E-state index is 12.9. The lowest BCUT2D eigenvalue weighted by molar-refractivity contribution is 0.0600. The number of rotatable bonds is 5. The van der Waals surface area contributed by atoms with Crippen LogP contribution in [0.25, 0.3) is 0 Å². The Kier molecular flexibility index (Phi) is 5.91. The number of carbonyl (C=O) groups is 2. The first-order chi connectivity index (χ1) is 13.5. The van der Waals surface area contributed by atoms with Crippen LogP contribution in [-0.2, 0) is 4.74 Å². The van der Waals surface area contributed by atoms with Gasteiger partial charge in [-0.05, 0) is 66.7 Å². The van der Waals surface area contributed by atoms with Crippen LogP contribution in [0.3, 0.4) is 0 Å². The van der Waals surface area contributed by atoms with Crippen LogP contribution in [0.5, 0.6) is 0 Å². The number of nitrogens with one attached hydrogen (secondary N) is 2. The zero-order chi connectivity index (χ0) is 20.1. The monoisotopic (exact) mass is 398 g/mol. The molecule has 0 bridgehead atoms. The lowest BCUT2D eigenvalue weighted by Crippen LogP contribution is -2.11. The number of methoxy groups -OCH3 is 1. The quantitative estimate of drug-likeness (QED) is 0.575. The largest absolute Gasteiger partial charge is 0.465 e. The number of amides is 1. The van der Waals surface area contributed by atoms with E-state index in [2.05, 4.69) is 10.6 Å². The van der Waals surface area contributed by atoms with Crippen molar-refractivity contribution >= 4 is 40.5 Å². The Hall–Kier alpha value is -3.38. The fourth-order valence-electron chi connectivity index (χ4n) is 2.46. The van der Waals surface area contributed by atoms with Crippen molar-refractivity contribution in [1.82, 2.24) is 0 Å². The number of hydrogen-bond donors (Lipinski definition) is 2. The molecule has 0 fully saturated rings. The Labute approximate surface area is 166 Å². The van der Waals surface area contributed by atoms with Crippen molar-refractivity contribution in [2.75, 3.05) is 17.7 Å². The van der Waals surface area contributed by atoms with E-state index >= 15 is 0 Å². The van der Waals surface area contributed by atoms with Gasteiger partial charge in [0.05, 0.1) is 23.4 Å². The molecule has 0 aromatic heterocycles. The minimum atomic E-state index is -0.460. The van der Waals surface area contributed by atoms with Crippen LogP contribution in [0.2, 0.25) is 5.02 Å². The summed E-state index contributed by atoms with van der Waals surface area (Å²) in [5.74, 6) is -1.20. The molecule has 7 heteroatoms. The Morgan fingerprint density at radius 2 is 1.50 bits per heavy atom. The number of carbonyl (C=O) groups excluding carboxylic acids is 2. The molecule has 28 heavy (non-hydrogen) atoms. The summed E-state index contributed by atoms with van der Waals surface area (Å²) in [5.41, 5.74) is 2.57. The number of ether oxygens (including phenoxy) is 1. The van der Waals surface area contributed by atoms with Gasteiger partial charge < -0.3 is 15.4 Å². The first-order valence-electron chi connectivity index (χ1n) is 8.28. The van der Waals surface area contributed by atoms with Gasteiger partial charge in [-0.25, -0.2) is 9.18 Å². The fourth-order valence-corrected chi connectivity index (χ4v) is 2.63. The predicted molar refractivity (Wildman–Crippen MR) is 107 cm³/mol. The van der Waals surface area contributed by atoms with Crippen LogP contribution in [0.1, 0.15) is 20.7 Å². The van der Waals surface area contributed by atoms with E-state index in [1.54, 1.807) is 42.5 Å². The average Bonchev–Trinajstić information content (AvgIpc) is 2.71. The molecule has 3 aromatic rings. The van der Waals surface area contributed by atoms with E-state index in [-0.39, 0.29) is 5.91 Å². The zero-order valence-electron chi connectivity index (χ0n) is 14.8. The van der Waals surface area contributed by atoms with Gasteiger partial charge in [0.2, 0.25) is 0 Å². The van der Waals surface area contributed by atoms with Gasteiger partial charge in [-0.3, -0.25) is 4.79 Å². The summed E-state index contributed by atoms with van der Waals surface area (Å²) in [4.78, 5) is 23.8. The topological polar surface area (TPSA) is 67.4 Å². The molecule has 3 rings (SSSR count). The molecule has 0 unspecified atom stereocenters. The van der Waals surface area contributed by atoms with Crippen molar-refractivity contribution in [2.24, 2.45) is 0 Å². The lowest BCUT2D eigenvalue weighted by atomic mass is 10.2. The van der Waals surface area contributed by atoms with Crippen LogP contribution >= 0.6 is 11.6 Å². The molecule has 3 aromatic carbocycles. The summed E-state index contributed by atoms with van der Waals surface area (Å²) in [5, 5.41) is 6.30. The highest BCUT2D eigenvalue weighted by atomic mass is 35.5. The maximum Gasteiger partial charge on any atom is 0.337 e. The molecule has 0 heterocycles. The van der Waals surface area contributed by atoms with Crippen molar-refractivity contribution in [3.8, 4) is 0 Å². The molecule has 0 spiro atoms. The number of anilines is 3. The van der Waals surface area contributed by atoms with E-state index in [0.717, 1.165) is 0 Å². The van der Waals surface area contributed by atoms with E-state index in [0.29, 0.717) is 33.2 Å². The molecule has 142 valence electrons. The second-order valence-corrected chi connectivity index (χ2v) is 6.26. The average molecular weight is 399 g/mol. The molecule has 0 aliphatic carbocycles. The van der Waals surface area contributed by atoms with Crippen LogP contribution in [-0.4, -0.2) is 19.0 Å². The smallest absolute Gasteiger partial charge is 0.337 e. The van der Waals surface area contributed by atoms with E-state index < -0.39 is 11.8 Å². The highest BCUT2D eigenvalue weighted by Gasteiger charge is 2.10. The van der Waals surface area contributed by atoms with E-state index in [1.165, 1.54) is 31.4 Å². The molecule has 0 saturated carbocycles. The van der Waals surface area contributed by atoms with E-state index in [1.807, 2.05) is 0 Å². The van der Waals surface area contributed by atoms with Crippen molar-refractivity contribution in [3.63, 3.8) is 0 Å². The van der Waals surface area contributed by atoms with Gasteiger partial charge in [-0.2, -0.15) is 0 Å². The van der Waals surface area contributed by atoms with Gasteiger partial charge in [0.25, 0.3) is 5.91 Å². The molecule has 0 saturated heterocycles. The molecule has 0 aliphatic heterocycles. The highest BCUT2D eigenvalue weighted by molar-refractivity contribution is 6.33. The zero-order valence-corrected chi connectivity index (χ0v) is 15.6. The van der Waals surface area contributed by atoms with Crippen LogP contribution < -0.4 is 10.6 Å². The Bertz CT molecular complexity index is 1010. The van der Waals surface area contributed by atoms with Gasteiger partial charge in [0.15, 0.2) is 0 Å². The van der Waals surface area contributed by atoms with Gasteiger partial charge in [0.1, 0.15) is 5.82 Å². The lowest BCUT2D eigenvalue weighted by Gasteiger charge is -2.11. The summed E-state index contributed by atoms with van der Waals surface area (Å²) in [6, 6.07) is 17.0. The van der Waals surface area contributed by atoms with Gasteiger partial charge >= 0.3 is 5.97 Å². The second-order valence-electron chi connectivity index (χ2n) is 5.85. The fraction of sp³-hybridized carbons (Fsp3) is 0.0476. The summed E-state index contributed by atoms with van der Waals surface area (Å²) in [7, 11) is 1.31. The van der Waals surface area contributed by atoms with Crippen molar-refractivity contribution in [3.05, 3.63) is 88.7 Å². The third-order valence-corrected chi connectivity index (χ3v) is 4.25. The third kappa shape index (κ3) is 4.66. The number of benzene rings is 3. The molecule has 2 N–H and O–H groups in total. The third-order valence-electron chi connectivity index (χ3n) is 3.92. The Balaban J connectivity index is 1.70. The first kappa shape index (κ1) is 19.4. The normalized spacial score (nSPS) is 10.2. The van der Waals surface area contributed by atoms with Crippen molar-refractivity contribution in [1.29, 1.82) is 0 Å². The summed E-state index contributed by atoms with van der Waals surface area (Å²) in [6.45, 7) is 0. The molecular formula is C21H16ClFN2O3. The molecule has 1 amide bonds. The molecule has 0 atom stereocenters. The predicted octanol–water partition coefficient (Wildman–Crippen LogP) is 5.26. The Morgan fingerprint density at radius 1 is 0.893 bits per heavy atom. The summed E-state index contributed by atoms with van der Waals surface area (Å²) >= 11 is 6.17. The maximum atomic E-state index is 12.9. The molecule has 5 nitrogen and oxygen atoms in total. The van der Waals surface area contributed by atoms with E-state index in [9.17, 15) is 14.0 Å². The van der Waals surface area contributed by atoms with Crippen molar-refractivity contribution < 1.29 is 18.7 Å². The summed E-state index contributed by atoms with van der Waals surface area (Å²) in [6.07, 6.45) is 0. The minimum Gasteiger partial charge on any atom is -0.465 e. The van der Waals surface area contributed by atoms with E-state index in [4.69, 9.17) is 16.3 Å². The highest BCUT2D eigenvalue weighted by Crippen LogP contribution is 2.27. The van der Waals surface area contributed by atoms with Crippen LogP contribution in [0, 0.1) is 5.82 Å². The first-order valence-corrected chi connectivity index (χ1v) is 8.66. The molecule has 0 radical (unpaired) electrons. The number of halogens is 2. The number of esters is 1.